The van der Waals surface area contributed by atoms with Gasteiger partial charge < -0.3 is 10.6 Å². The minimum atomic E-state index is 0.104. The van der Waals surface area contributed by atoms with Crippen molar-refractivity contribution in [2.45, 2.75) is 26.8 Å². The fraction of sp³-hybridized carbons (Fsp3) is 0.500. The van der Waals surface area contributed by atoms with E-state index in [1.54, 1.807) is 0 Å². The third-order valence-corrected chi connectivity index (χ3v) is 2.53. The van der Waals surface area contributed by atoms with Gasteiger partial charge in [-0.3, -0.25) is 0 Å². The van der Waals surface area contributed by atoms with Crippen molar-refractivity contribution in [3.63, 3.8) is 0 Å². The quantitative estimate of drug-likeness (QED) is 0.794. The first-order chi connectivity index (χ1) is 6.70. The van der Waals surface area contributed by atoms with Gasteiger partial charge in [-0.1, -0.05) is 18.2 Å². The van der Waals surface area contributed by atoms with Crippen molar-refractivity contribution in [3.05, 3.63) is 29.8 Å². The number of para-hydroxylation sites is 1. The van der Waals surface area contributed by atoms with Gasteiger partial charge in [-0.05, 0) is 32.4 Å². The number of benzene rings is 1. The van der Waals surface area contributed by atoms with Crippen LogP contribution in [0.1, 0.15) is 32.4 Å². The smallest absolute Gasteiger partial charge is 0.0414 e. The van der Waals surface area contributed by atoms with E-state index in [9.17, 15) is 0 Å². The molecule has 0 amide bonds. The first-order valence-corrected chi connectivity index (χ1v) is 5.30. The van der Waals surface area contributed by atoms with E-state index >= 15 is 0 Å². The number of rotatable bonds is 4. The molecule has 0 unspecified atom stereocenters. The average molecular weight is 192 g/mol. The van der Waals surface area contributed by atoms with Gasteiger partial charge in [-0.25, -0.2) is 0 Å². The summed E-state index contributed by atoms with van der Waals surface area (Å²) in [5, 5.41) is 0. The van der Waals surface area contributed by atoms with E-state index in [2.05, 4.69) is 36.9 Å². The van der Waals surface area contributed by atoms with Crippen molar-refractivity contribution in [3.8, 4) is 0 Å². The van der Waals surface area contributed by atoms with Gasteiger partial charge in [0.05, 0.1) is 0 Å². The molecule has 0 saturated carbocycles. The summed E-state index contributed by atoms with van der Waals surface area (Å²) in [5.41, 5.74) is 8.44. The summed E-state index contributed by atoms with van der Waals surface area (Å²) in [6, 6.07) is 8.47. The molecule has 1 aromatic rings. The number of anilines is 1. The second kappa shape index (κ2) is 5.01. The molecule has 0 aliphatic heterocycles. The molecule has 2 heteroatoms. The van der Waals surface area contributed by atoms with Crippen molar-refractivity contribution in [2.24, 2.45) is 5.73 Å². The monoisotopic (exact) mass is 192 g/mol. The Morgan fingerprint density at radius 2 is 1.79 bits per heavy atom. The normalized spacial score (nSPS) is 12.6. The lowest BCUT2D eigenvalue weighted by Gasteiger charge is -2.25. The summed E-state index contributed by atoms with van der Waals surface area (Å²) in [6.45, 7) is 8.42. The van der Waals surface area contributed by atoms with Crippen molar-refractivity contribution in [1.82, 2.24) is 0 Å². The van der Waals surface area contributed by atoms with Gasteiger partial charge >= 0.3 is 0 Å². The summed E-state index contributed by atoms with van der Waals surface area (Å²) < 4.78 is 0. The Bertz CT molecular complexity index is 277. The van der Waals surface area contributed by atoms with E-state index in [0.717, 1.165) is 13.1 Å². The topological polar surface area (TPSA) is 29.3 Å². The summed E-state index contributed by atoms with van der Waals surface area (Å²) in [4.78, 5) is 2.33. The van der Waals surface area contributed by atoms with E-state index in [1.165, 1.54) is 11.3 Å². The number of nitrogens with zero attached hydrogens (tertiary/aromatic N) is 1. The maximum absolute atomic E-state index is 5.94. The van der Waals surface area contributed by atoms with Crippen LogP contribution in [0.15, 0.2) is 24.3 Å². The molecule has 78 valence electrons. The van der Waals surface area contributed by atoms with Gasteiger partial charge in [0.15, 0.2) is 0 Å². The summed E-state index contributed by atoms with van der Waals surface area (Å²) >= 11 is 0. The Balaban J connectivity index is 3.05. The zero-order chi connectivity index (χ0) is 10.6. The molecule has 0 heterocycles. The average Bonchev–Trinajstić information content (AvgIpc) is 2.20. The third kappa shape index (κ3) is 2.26. The van der Waals surface area contributed by atoms with E-state index in [1.807, 2.05) is 13.0 Å². The second-order valence-electron chi connectivity index (χ2n) is 3.52. The van der Waals surface area contributed by atoms with Crippen LogP contribution in [0.3, 0.4) is 0 Å². The summed E-state index contributed by atoms with van der Waals surface area (Å²) in [7, 11) is 0. The van der Waals surface area contributed by atoms with Gasteiger partial charge in [0.25, 0.3) is 0 Å². The molecule has 0 aliphatic carbocycles. The Labute approximate surface area is 86.7 Å². The van der Waals surface area contributed by atoms with Gasteiger partial charge in [0, 0.05) is 24.8 Å². The predicted molar refractivity (Wildman–Crippen MR) is 62.6 cm³/mol. The van der Waals surface area contributed by atoms with Crippen LogP contribution >= 0.6 is 0 Å². The number of nitrogens with two attached hydrogens (primary N) is 1. The maximum atomic E-state index is 5.94. The zero-order valence-electron chi connectivity index (χ0n) is 9.33. The number of hydrogen-bond acceptors (Lipinski definition) is 2. The molecule has 2 N–H and O–H groups in total. The first kappa shape index (κ1) is 11.1. The standard InChI is InChI=1S/C12H20N2/c1-4-14(5-2)12-9-7-6-8-11(12)10(3)13/h6-10H,4-5,13H2,1-3H3/t10-/m0/s1. The Hall–Kier alpha value is -1.02. The molecular formula is C12H20N2. The van der Waals surface area contributed by atoms with Gasteiger partial charge in [-0.15, -0.1) is 0 Å². The van der Waals surface area contributed by atoms with Crippen molar-refractivity contribution in [1.29, 1.82) is 0 Å². The molecule has 0 saturated heterocycles. The van der Waals surface area contributed by atoms with Crippen molar-refractivity contribution in [2.75, 3.05) is 18.0 Å². The molecule has 0 aromatic heterocycles. The molecule has 14 heavy (non-hydrogen) atoms. The zero-order valence-corrected chi connectivity index (χ0v) is 9.33. The van der Waals surface area contributed by atoms with E-state index in [4.69, 9.17) is 5.73 Å². The molecule has 1 atom stereocenters. The van der Waals surface area contributed by atoms with Crippen LogP contribution in [0.4, 0.5) is 5.69 Å². The highest BCUT2D eigenvalue weighted by Crippen LogP contribution is 2.24. The molecule has 0 bridgehead atoms. The number of hydrogen-bond donors (Lipinski definition) is 1. The lowest BCUT2D eigenvalue weighted by atomic mass is 10.1. The fourth-order valence-corrected chi connectivity index (χ4v) is 1.72. The van der Waals surface area contributed by atoms with Crippen LogP contribution in [-0.2, 0) is 0 Å². The summed E-state index contributed by atoms with van der Waals surface area (Å²) in [5.74, 6) is 0. The molecule has 0 fully saturated rings. The Kier molecular flexibility index (Phi) is 3.96. The second-order valence-corrected chi connectivity index (χ2v) is 3.52. The van der Waals surface area contributed by atoms with Crippen LogP contribution in [0, 0.1) is 0 Å². The highest BCUT2D eigenvalue weighted by atomic mass is 15.1. The van der Waals surface area contributed by atoms with Crippen LogP contribution in [-0.4, -0.2) is 13.1 Å². The highest BCUT2D eigenvalue weighted by Gasteiger charge is 2.09. The molecule has 1 rings (SSSR count). The van der Waals surface area contributed by atoms with Gasteiger partial charge in [0.1, 0.15) is 0 Å². The molecule has 0 radical (unpaired) electrons. The van der Waals surface area contributed by atoms with E-state index in [-0.39, 0.29) is 6.04 Å². The van der Waals surface area contributed by atoms with Crippen molar-refractivity contribution < 1.29 is 0 Å². The molecule has 0 spiro atoms. The minimum absolute atomic E-state index is 0.104. The lowest BCUT2D eigenvalue weighted by Crippen LogP contribution is -2.24. The molecule has 0 aliphatic rings. The SMILES string of the molecule is CCN(CC)c1ccccc1[C@H](C)N. The van der Waals surface area contributed by atoms with Gasteiger partial charge in [-0.2, -0.15) is 0 Å². The Morgan fingerprint density at radius 3 is 2.29 bits per heavy atom. The van der Waals surface area contributed by atoms with E-state index < -0.39 is 0 Å². The van der Waals surface area contributed by atoms with Crippen molar-refractivity contribution >= 4 is 5.69 Å². The van der Waals surface area contributed by atoms with Crippen LogP contribution < -0.4 is 10.6 Å². The maximum Gasteiger partial charge on any atom is 0.0414 e. The fourth-order valence-electron chi connectivity index (χ4n) is 1.72. The van der Waals surface area contributed by atoms with E-state index in [0.29, 0.717) is 0 Å². The molecule has 2 nitrogen and oxygen atoms in total. The third-order valence-electron chi connectivity index (χ3n) is 2.53. The highest BCUT2D eigenvalue weighted by molar-refractivity contribution is 5.54. The van der Waals surface area contributed by atoms with Crippen LogP contribution in [0.25, 0.3) is 0 Å². The minimum Gasteiger partial charge on any atom is -0.372 e. The van der Waals surface area contributed by atoms with Gasteiger partial charge in [0.2, 0.25) is 0 Å². The molecular weight excluding hydrogens is 172 g/mol. The largest absolute Gasteiger partial charge is 0.372 e. The van der Waals surface area contributed by atoms with Crippen LogP contribution in [0.2, 0.25) is 0 Å². The predicted octanol–water partition coefficient (Wildman–Crippen LogP) is 2.55. The first-order valence-electron chi connectivity index (χ1n) is 5.30. The lowest BCUT2D eigenvalue weighted by molar-refractivity contribution is 0.790. The molecule has 1 aromatic carbocycles. The Morgan fingerprint density at radius 1 is 1.21 bits per heavy atom. The van der Waals surface area contributed by atoms with Crippen LogP contribution in [0.5, 0.6) is 0 Å². The summed E-state index contributed by atoms with van der Waals surface area (Å²) in [6.07, 6.45) is 0.